The molecule has 1 aromatic heterocycles. The maximum Gasteiger partial charge on any atom is 0.253 e. The highest BCUT2D eigenvalue weighted by Gasteiger charge is 2.40. The van der Waals surface area contributed by atoms with E-state index in [1.165, 1.54) is 0 Å². The van der Waals surface area contributed by atoms with Gasteiger partial charge in [-0.3, -0.25) is 9.78 Å². The lowest BCUT2D eigenvalue weighted by Gasteiger charge is -2.35. The van der Waals surface area contributed by atoms with Crippen LogP contribution in [0.25, 0.3) is 0 Å². The summed E-state index contributed by atoms with van der Waals surface area (Å²) in [7, 11) is 0. The van der Waals surface area contributed by atoms with E-state index in [0.29, 0.717) is 18.8 Å². The van der Waals surface area contributed by atoms with E-state index in [0.717, 1.165) is 31.4 Å². The number of rotatable bonds is 2. The van der Waals surface area contributed by atoms with E-state index < -0.39 is 0 Å². The Balaban J connectivity index is 1.54. The van der Waals surface area contributed by atoms with E-state index in [1.54, 1.807) is 6.20 Å². The quantitative estimate of drug-likeness (QED) is 0.895. The van der Waals surface area contributed by atoms with Crippen LogP contribution in [0.1, 0.15) is 41.7 Å². The summed E-state index contributed by atoms with van der Waals surface area (Å²) in [6.45, 7) is 3.28. The van der Waals surface area contributed by atoms with Gasteiger partial charge in [0, 0.05) is 30.8 Å². The minimum atomic E-state index is -0.368. The van der Waals surface area contributed by atoms with Crippen molar-refractivity contribution in [2.75, 3.05) is 13.2 Å². The van der Waals surface area contributed by atoms with Crippen LogP contribution < -0.4 is 5.32 Å². The Kier molecular flexibility index (Phi) is 3.72. The Labute approximate surface area is 118 Å². The second-order valence-corrected chi connectivity index (χ2v) is 5.54. The second kappa shape index (κ2) is 5.50. The molecule has 1 saturated carbocycles. The van der Waals surface area contributed by atoms with Crippen LogP contribution in [0.15, 0.2) is 18.3 Å². The van der Waals surface area contributed by atoms with Gasteiger partial charge in [0.25, 0.3) is 5.91 Å². The summed E-state index contributed by atoms with van der Waals surface area (Å²) in [4.78, 5) is 16.3. The number of nitrogens with zero attached hydrogens (tertiary/aromatic N) is 1. The number of pyridine rings is 1. The molecule has 0 radical (unpaired) electrons. The number of nitrogens with one attached hydrogen (secondary N) is 1. The van der Waals surface area contributed by atoms with Crippen LogP contribution in [0, 0.1) is 6.92 Å². The first-order valence-corrected chi connectivity index (χ1v) is 7.18. The summed E-state index contributed by atoms with van der Waals surface area (Å²) in [5.74, 6) is -0.418. The van der Waals surface area contributed by atoms with Gasteiger partial charge in [-0.05, 0) is 31.9 Å². The van der Waals surface area contributed by atoms with Crippen LogP contribution in [0.2, 0.25) is 0 Å². The molecule has 1 saturated heterocycles. The first-order valence-electron chi connectivity index (χ1n) is 7.18. The zero-order valence-corrected chi connectivity index (χ0v) is 11.7. The molecule has 0 bridgehead atoms. The summed E-state index contributed by atoms with van der Waals surface area (Å²) in [6, 6.07) is 3.86. The molecule has 1 spiro atoms. The highest BCUT2D eigenvalue weighted by molar-refractivity contribution is 5.94. The predicted molar refractivity (Wildman–Crippen MR) is 73.3 cm³/mol. The maximum absolute atomic E-state index is 12.1. The molecule has 1 aromatic rings. The minimum absolute atomic E-state index is 0.0493. The number of carbonyl (C=O) groups is 1. The summed E-state index contributed by atoms with van der Waals surface area (Å²) in [5, 5.41) is 3.07. The number of carbonyl (C=O) groups excluding carboxylic acids is 1. The molecule has 5 nitrogen and oxygen atoms in total. The van der Waals surface area contributed by atoms with Gasteiger partial charge in [-0.1, -0.05) is 0 Å². The number of aromatic nitrogens is 1. The Bertz CT molecular complexity index is 470. The van der Waals surface area contributed by atoms with Crippen LogP contribution in [0.5, 0.6) is 0 Å². The third kappa shape index (κ3) is 2.83. The van der Waals surface area contributed by atoms with Gasteiger partial charge < -0.3 is 14.8 Å². The molecule has 0 unspecified atom stereocenters. The lowest BCUT2D eigenvalue weighted by Crippen LogP contribution is -2.44. The highest BCUT2D eigenvalue weighted by Crippen LogP contribution is 2.35. The molecule has 0 atom stereocenters. The Hall–Kier alpha value is -1.46. The smallest absolute Gasteiger partial charge is 0.253 e. The van der Waals surface area contributed by atoms with E-state index in [2.05, 4.69) is 10.3 Å². The van der Waals surface area contributed by atoms with Gasteiger partial charge in [0.1, 0.15) is 0 Å². The Morgan fingerprint density at radius 3 is 2.60 bits per heavy atom. The summed E-state index contributed by atoms with van der Waals surface area (Å²) in [5.41, 5.74) is 1.53. The number of hydrogen-bond acceptors (Lipinski definition) is 4. The first-order chi connectivity index (χ1) is 9.67. The minimum Gasteiger partial charge on any atom is -0.349 e. The number of amides is 1. The van der Waals surface area contributed by atoms with Gasteiger partial charge in [-0.15, -0.1) is 0 Å². The van der Waals surface area contributed by atoms with Crippen molar-refractivity contribution in [1.29, 1.82) is 0 Å². The van der Waals surface area contributed by atoms with E-state index >= 15 is 0 Å². The average Bonchev–Trinajstić information content (AvgIpc) is 2.91. The highest BCUT2D eigenvalue weighted by atomic mass is 16.7. The predicted octanol–water partition coefficient (Wildman–Crippen LogP) is 1.81. The molecule has 1 aliphatic heterocycles. The van der Waals surface area contributed by atoms with E-state index in [1.807, 2.05) is 19.1 Å². The van der Waals surface area contributed by atoms with Gasteiger partial charge >= 0.3 is 0 Å². The molecule has 1 aliphatic carbocycles. The van der Waals surface area contributed by atoms with Gasteiger partial charge in [-0.2, -0.15) is 0 Å². The van der Waals surface area contributed by atoms with E-state index in [9.17, 15) is 4.79 Å². The van der Waals surface area contributed by atoms with Gasteiger partial charge in [-0.25, -0.2) is 0 Å². The molecule has 2 heterocycles. The fourth-order valence-corrected chi connectivity index (χ4v) is 2.86. The average molecular weight is 276 g/mol. The molecular formula is C15H20N2O3. The zero-order chi connectivity index (χ0) is 14.0. The van der Waals surface area contributed by atoms with Crippen molar-refractivity contribution in [2.24, 2.45) is 0 Å². The van der Waals surface area contributed by atoms with Gasteiger partial charge in [0.15, 0.2) is 5.79 Å². The standard InChI is InChI=1S/C15H20N2O3/c1-11-2-3-12(10-16-11)14(18)17-13-4-6-15(7-5-13)19-8-9-20-15/h2-3,10,13H,4-9H2,1H3,(H,17,18). The summed E-state index contributed by atoms with van der Waals surface area (Å²) < 4.78 is 11.4. The Morgan fingerprint density at radius 2 is 2.00 bits per heavy atom. The van der Waals surface area contributed by atoms with Crippen molar-refractivity contribution in [1.82, 2.24) is 10.3 Å². The summed E-state index contributed by atoms with van der Waals surface area (Å²) >= 11 is 0. The molecule has 20 heavy (non-hydrogen) atoms. The number of hydrogen-bond donors (Lipinski definition) is 1. The molecular weight excluding hydrogens is 256 g/mol. The van der Waals surface area contributed by atoms with Crippen LogP contribution in [-0.2, 0) is 9.47 Å². The lowest BCUT2D eigenvalue weighted by molar-refractivity contribution is -0.179. The largest absolute Gasteiger partial charge is 0.349 e. The maximum atomic E-state index is 12.1. The molecule has 108 valence electrons. The van der Waals surface area contributed by atoms with E-state index in [-0.39, 0.29) is 17.7 Å². The van der Waals surface area contributed by atoms with Crippen LogP contribution >= 0.6 is 0 Å². The van der Waals surface area contributed by atoms with Gasteiger partial charge in [0.2, 0.25) is 0 Å². The second-order valence-electron chi connectivity index (χ2n) is 5.54. The SMILES string of the molecule is Cc1ccc(C(=O)NC2CCC3(CC2)OCCO3)cn1. The summed E-state index contributed by atoms with van der Waals surface area (Å²) in [6.07, 6.45) is 5.11. The number of ether oxygens (including phenoxy) is 2. The van der Waals surface area contributed by atoms with Crippen molar-refractivity contribution in [3.8, 4) is 0 Å². The Morgan fingerprint density at radius 1 is 1.30 bits per heavy atom. The number of aryl methyl sites for hydroxylation is 1. The first kappa shape index (κ1) is 13.5. The third-order valence-corrected chi connectivity index (χ3v) is 4.07. The van der Waals surface area contributed by atoms with Crippen molar-refractivity contribution in [3.63, 3.8) is 0 Å². The lowest BCUT2D eigenvalue weighted by atomic mass is 9.90. The monoisotopic (exact) mass is 276 g/mol. The van der Waals surface area contributed by atoms with Crippen molar-refractivity contribution in [3.05, 3.63) is 29.6 Å². The topological polar surface area (TPSA) is 60.5 Å². The zero-order valence-electron chi connectivity index (χ0n) is 11.7. The molecule has 3 rings (SSSR count). The normalized spacial score (nSPS) is 22.1. The fraction of sp³-hybridized carbons (Fsp3) is 0.600. The van der Waals surface area contributed by atoms with Crippen molar-refractivity contribution >= 4 is 5.91 Å². The van der Waals surface area contributed by atoms with Crippen molar-refractivity contribution in [2.45, 2.75) is 44.4 Å². The van der Waals surface area contributed by atoms with Crippen molar-refractivity contribution < 1.29 is 14.3 Å². The van der Waals surface area contributed by atoms with Gasteiger partial charge in [0.05, 0.1) is 18.8 Å². The van der Waals surface area contributed by atoms with E-state index in [4.69, 9.17) is 9.47 Å². The molecule has 1 amide bonds. The molecule has 0 aromatic carbocycles. The molecule has 1 N–H and O–H groups in total. The molecule has 2 fully saturated rings. The fourth-order valence-electron chi connectivity index (χ4n) is 2.86. The molecule has 2 aliphatic rings. The third-order valence-electron chi connectivity index (χ3n) is 4.07. The van der Waals surface area contributed by atoms with Crippen LogP contribution in [0.3, 0.4) is 0 Å². The van der Waals surface area contributed by atoms with Crippen LogP contribution in [-0.4, -0.2) is 35.9 Å². The van der Waals surface area contributed by atoms with Crippen LogP contribution in [0.4, 0.5) is 0 Å². The molecule has 5 heteroatoms.